The van der Waals surface area contributed by atoms with Gasteiger partial charge in [0.1, 0.15) is 0 Å². The third kappa shape index (κ3) is 3.23. The lowest BCUT2D eigenvalue weighted by molar-refractivity contribution is 0.331. The van der Waals surface area contributed by atoms with Gasteiger partial charge in [0.25, 0.3) is 0 Å². The van der Waals surface area contributed by atoms with E-state index in [9.17, 15) is 0 Å². The van der Waals surface area contributed by atoms with Gasteiger partial charge in [-0.3, -0.25) is 4.98 Å². The summed E-state index contributed by atoms with van der Waals surface area (Å²) in [5.74, 6) is 0. The van der Waals surface area contributed by atoms with Crippen LogP contribution in [-0.4, -0.2) is 4.98 Å². The van der Waals surface area contributed by atoms with E-state index in [0.717, 1.165) is 6.42 Å². The van der Waals surface area contributed by atoms with Crippen LogP contribution in [0.3, 0.4) is 0 Å². The zero-order valence-electron chi connectivity index (χ0n) is 23.0. The van der Waals surface area contributed by atoms with Crippen LogP contribution >= 0.6 is 0 Å². The standard InChI is InChI=1S/C34H41N/c1-31(2)15-17-33(5,6)28-25(31)13-12-21-20-24-22(27(21)28)10-9-11-23(24)30-29-26(14-19-35-30)32(3,4)16-18-34(29,7)8/h9-14,19H,15-18,20H2,1-8H3. The molecule has 0 N–H and O–H groups in total. The Hall–Kier alpha value is -2.41. The van der Waals surface area contributed by atoms with E-state index in [2.05, 4.69) is 98.0 Å². The maximum atomic E-state index is 5.10. The Morgan fingerprint density at radius 1 is 0.600 bits per heavy atom. The van der Waals surface area contributed by atoms with Crippen LogP contribution < -0.4 is 0 Å². The van der Waals surface area contributed by atoms with Crippen molar-refractivity contribution in [3.8, 4) is 22.4 Å². The summed E-state index contributed by atoms with van der Waals surface area (Å²) in [6.07, 6.45) is 8.01. The Kier molecular flexibility index (Phi) is 4.66. The van der Waals surface area contributed by atoms with Gasteiger partial charge in [0.15, 0.2) is 0 Å². The highest BCUT2D eigenvalue weighted by Crippen LogP contribution is 2.55. The van der Waals surface area contributed by atoms with Gasteiger partial charge in [-0.25, -0.2) is 0 Å². The summed E-state index contributed by atoms with van der Waals surface area (Å²) >= 11 is 0. The predicted molar refractivity (Wildman–Crippen MR) is 148 cm³/mol. The van der Waals surface area contributed by atoms with Gasteiger partial charge in [0.2, 0.25) is 0 Å². The minimum Gasteiger partial charge on any atom is -0.256 e. The maximum absolute atomic E-state index is 5.10. The molecule has 0 fully saturated rings. The second-order valence-electron chi connectivity index (χ2n) is 14.1. The molecular weight excluding hydrogens is 422 g/mol. The van der Waals surface area contributed by atoms with Crippen molar-refractivity contribution in [1.82, 2.24) is 4.98 Å². The van der Waals surface area contributed by atoms with E-state index >= 15 is 0 Å². The van der Waals surface area contributed by atoms with Crippen LogP contribution in [-0.2, 0) is 28.1 Å². The van der Waals surface area contributed by atoms with Crippen LogP contribution in [0.15, 0.2) is 42.6 Å². The highest BCUT2D eigenvalue weighted by molar-refractivity contribution is 5.88. The lowest BCUT2D eigenvalue weighted by Gasteiger charge is -2.43. The largest absolute Gasteiger partial charge is 0.256 e. The Morgan fingerprint density at radius 3 is 1.86 bits per heavy atom. The Morgan fingerprint density at radius 2 is 1.17 bits per heavy atom. The normalized spacial score (nSPS) is 22.1. The Labute approximate surface area is 212 Å². The van der Waals surface area contributed by atoms with Crippen molar-refractivity contribution in [2.24, 2.45) is 0 Å². The van der Waals surface area contributed by atoms with Crippen LogP contribution in [0, 0.1) is 0 Å². The fourth-order valence-corrected chi connectivity index (χ4v) is 7.48. The number of benzene rings is 2. The molecule has 182 valence electrons. The van der Waals surface area contributed by atoms with E-state index in [4.69, 9.17) is 4.98 Å². The number of rotatable bonds is 1. The van der Waals surface area contributed by atoms with Crippen molar-refractivity contribution >= 4 is 0 Å². The molecule has 6 rings (SSSR count). The summed E-state index contributed by atoms with van der Waals surface area (Å²) in [4.78, 5) is 5.10. The number of hydrogen-bond donors (Lipinski definition) is 0. The molecule has 0 radical (unpaired) electrons. The molecule has 1 nitrogen and oxygen atoms in total. The van der Waals surface area contributed by atoms with Gasteiger partial charge >= 0.3 is 0 Å². The first kappa shape index (κ1) is 23.0. The maximum Gasteiger partial charge on any atom is 0.0745 e. The van der Waals surface area contributed by atoms with Crippen LogP contribution in [0.5, 0.6) is 0 Å². The zero-order valence-corrected chi connectivity index (χ0v) is 23.0. The first-order chi connectivity index (χ1) is 16.3. The summed E-state index contributed by atoms with van der Waals surface area (Å²) in [7, 11) is 0. The summed E-state index contributed by atoms with van der Waals surface area (Å²) in [6, 6.07) is 14.2. The second kappa shape index (κ2) is 7.09. The van der Waals surface area contributed by atoms with Gasteiger partial charge in [0, 0.05) is 11.8 Å². The molecule has 1 aromatic heterocycles. The molecule has 3 aliphatic rings. The fourth-order valence-electron chi connectivity index (χ4n) is 7.48. The Balaban J connectivity index is 1.61. The smallest absolute Gasteiger partial charge is 0.0745 e. The van der Waals surface area contributed by atoms with Crippen LogP contribution in [0.25, 0.3) is 22.4 Å². The van der Waals surface area contributed by atoms with Gasteiger partial charge in [0.05, 0.1) is 5.69 Å². The molecule has 35 heavy (non-hydrogen) atoms. The van der Waals surface area contributed by atoms with Gasteiger partial charge in [-0.15, -0.1) is 0 Å². The van der Waals surface area contributed by atoms with E-state index in [-0.39, 0.29) is 21.7 Å². The lowest BCUT2D eigenvalue weighted by atomic mass is 9.61. The van der Waals surface area contributed by atoms with Crippen molar-refractivity contribution in [2.45, 2.75) is 109 Å². The highest BCUT2D eigenvalue weighted by Gasteiger charge is 2.42. The fraction of sp³-hybridized carbons (Fsp3) is 0.500. The molecule has 0 unspecified atom stereocenters. The van der Waals surface area contributed by atoms with Crippen molar-refractivity contribution in [3.63, 3.8) is 0 Å². The molecule has 3 aliphatic carbocycles. The van der Waals surface area contributed by atoms with Gasteiger partial charge in [-0.05, 0) is 104 Å². The van der Waals surface area contributed by atoms with Gasteiger partial charge in [-0.2, -0.15) is 0 Å². The SMILES string of the molecule is CC1(C)CCC(C)(C)c2c1ccnc2-c1cccc2c1Cc1ccc3c(c1-2)C(C)(C)CCC3(C)C. The highest BCUT2D eigenvalue weighted by atomic mass is 14.7. The van der Waals surface area contributed by atoms with Crippen LogP contribution in [0.1, 0.15) is 114 Å². The van der Waals surface area contributed by atoms with Crippen LogP contribution in [0.4, 0.5) is 0 Å². The molecule has 1 heteroatoms. The molecule has 1 heterocycles. The third-order valence-corrected chi connectivity index (χ3v) is 9.87. The average Bonchev–Trinajstić information content (AvgIpc) is 3.18. The monoisotopic (exact) mass is 463 g/mol. The molecule has 3 aromatic rings. The van der Waals surface area contributed by atoms with Crippen molar-refractivity contribution < 1.29 is 0 Å². The van der Waals surface area contributed by atoms with Crippen LogP contribution in [0.2, 0.25) is 0 Å². The number of hydrogen-bond acceptors (Lipinski definition) is 1. The first-order valence-electron chi connectivity index (χ1n) is 13.6. The van der Waals surface area contributed by atoms with Crippen molar-refractivity contribution in [2.75, 3.05) is 0 Å². The summed E-state index contributed by atoms with van der Waals surface area (Å²) in [5, 5.41) is 0. The molecule has 0 aliphatic heterocycles. The molecule has 2 aromatic carbocycles. The van der Waals surface area contributed by atoms with E-state index in [1.807, 2.05) is 0 Å². The number of aromatic nitrogens is 1. The molecule has 0 atom stereocenters. The topological polar surface area (TPSA) is 12.9 Å². The zero-order chi connectivity index (χ0) is 25.0. The van der Waals surface area contributed by atoms with Gasteiger partial charge in [-0.1, -0.05) is 85.7 Å². The second-order valence-corrected chi connectivity index (χ2v) is 14.1. The van der Waals surface area contributed by atoms with Crippen molar-refractivity contribution in [1.29, 1.82) is 0 Å². The number of fused-ring (bicyclic) bond motifs is 6. The van der Waals surface area contributed by atoms with Crippen molar-refractivity contribution in [3.05, 3.63) is 76.0 Å². The Bertz CT molecular complexity index is 1370. The lowest BCUT2D eigenvalue weighted by Crippen LogP contribution is -2.34. The molecular formula is C34H41N. The molecule has 0 saturated carbocycles. The average molecular weight is 464 g/mol. The minimum atomic E-state index is 0.133. The van der Waals surface area contributed by atoms with E-state index in [0.29, 0.717) is 0 Å². The van der Waals surface area contributed by atoms with E-state index in [1.54, 1.807) is 11.1 Å². The number of nitrogens with zero attached hydrogens (tertiary/aromatic N) is 1. The number of pyridine rings is 1. The molecule has 0 spiro atoms. The third-order valence-electron chi connectivity index (χ3n) is 9.87. The molecule has 0 amide bonds. The van der Waals surface area contributed by atoms with E-state index in [1.165, 1.54) is 70.3 Å². The summed E-state index contributed by atoms with van der Waals surface area (Å²) < 4.78 is 0. The quantitative estimate of drug-likeness (QED) is 0.274. The first-order valence-corrected chi connectivity index (χ1v) is 13.6. The summed E-state index contributed by atoms with van der Waals surface area (Å²) in [5.41, 5.74) is 15.4. The van der Waals surface area contributed by atoms with E-state index < -0.39 is 0 Å². The summed E-state index contributed by atoms with van der Waals surface area (Å²) in [6.45, 7) is 19.5. The molecule has 0 saturated heterocycles. The minimum absolute atomic E-state index is 0.133. The van der Waals surface area contributed by atoms with Gasteiger partial charge < -0.3 is 0 Å². The predicted octanol–water partition coefficient (Wildman–Crippen LogP) is 9.02. The molecule has 0 bridgehead atoms.